The van der Waals surface area contributed by atoms with Crippen molar-refractivity contribution in [3.05, 3.63) is 29.8 Å². The first kappa shape index (κ1) is 21.3. The molecule has 1 fully saturated rings. The number of benzene rings is 1. The molecule has 8 nitrogen and oxygen atoms in total. The number of rotatable bonds is 8. The SMILES string of the molecule is CCC[C@@H](C)NC(=O)COC(=O)c1cccc(S(=O)(=O)N2CCOCC2)c1. The number of ether oxygens (including phenoxy) is 2. The van der Waals surface area contributed by atoms with Crippen molar-refractivity contribution < 1.29 is 27.5 Å². The van der Waals surface area contributed by atoms with E-state index in [1.807, 2.05) is 13.8 Å². The second-order valence-corrected chi connectivity index (χ2v) is 8.32. The van der Waals surface area contributed by atoms with Gasteiger partial charge in [0.05, 0.1) is 23.7 Å². The summed E-state index contributed by atoms with van der Waals surface area (Å²) >= 11 is 0. The number of carbonyl (C=O) groups excluding carboxylic acids is 2. The third-order valence-corrected chi connectivity index (χ3v) is 6.04. The van der Waals surface area contributed by atoms with Gasteiger partial charge < -0.3 is 14.8 Å². The maximum Gasteiger partial charge on any atom is 0.338 e. The average molecular weight is 398 g/mol. The van der Waals surface area contributed by atoms with E-state index in [2.05, 4.69) is 5.32 Å². The molecule has 0 aromatic heterocycles. The zero-order valence-corrected chi connectivity index (χ0v) is 16.5. The number of nitrogens with one attached hydrogen (secondary N) is 1. The molecular weight excluding hydrogens is 372 g/mol. The first-order chi connectivity index (χ1) is 12.8. The van der Waals surface area contributed by atoms with E-state index in [-0.39, 0.29) is 35.5 Å². The van der Waals surface area contributed by atoms with Crippen molar-refractivity contribution in [2.24, 2.45) is 0 Å². The van der Waals surface area contributed by atoms with Crippen LogP contribution in [0.2, 0.25) is 0 Å². The number of morpholine rings is 1. The zero-order valence-electron chi connectivity index (χ0n) is 15.6. The molecule has 1 N–H and O–H groups in total. The molecule has 1 saturated heterocycles. The number of sulfonamides is 1. The molecule has 0 unspecified atom stereocenters. The minimum atomic E-state index is -3.71. The quantitative estimate of drug-likeness (QED) is 0.660. The van der Waals surface area contributed by atoms with Crippen LogP contribution in [0.3, 0.4) is 0 Å². The lowest BCUT2D eigenvalue weighted by Crippen LogP contribution is -2.40. The van der Waals surface area contributed by atoms with E-state index in [0.717, 1.165) is 12.8 Å². The summed E-state index contributed by atoms with van der Waals surface area (Å²) in [6, 6.07) is 5.64. The summed E-state index contributed by atoms with van der Waals surface area (Å²) in [6.45, 7) is 4.70. The Hall–Kier alpha value is -1.97. The van der Waals surface area contributed by atoms with Crippen LogP contribution < -0.4 is 5.32 Å². The summed E-state index contributed by atoms with van der Waals surface area (Å²) in [5.74, 6) is -1.13. The predicted octanol–water partition coefficient (Wildman–Crippen LogP) is 1.17. The zero-order chi connectivity index (χ0) is 19.9. The third kappa shape index (κ3) is 6.02. The monoisotopic (exact) mass is 398 g/mol. The largest absolute Gasteiger partial charge is 0.452 e. The van der Waals surface area contributed by atoms with Crippen molar-refractivity contribution in [2.75, 3.05) is 32.9 Å². The van der Waals surface area contributed by atoms with Crippen LogP contribution in [-0.4, -0.2) is 63.6 Å². The number of hydrogen-bond donors (Lipinski definition) is 1. The molecule has 2 rings (SSSR count). The van der Waals surface area contributed by atoms with Gasteiger partial charge in [-0.3, -0.25) is 4.79 Å². The smallest absolute Gasteiger partial charge is 0.338 e. The van der Waals surface area contributed by atoms with Gasteiger partial charge in [0.2, 0.25) is 10.0 Å². The van der Waals surface area contributed by atoms with Crippen LogP contribution in [0.4, 0.5) is 0 Å². The third-order valence-electron chi connectivity index (χ3n) is 4.14. The fourth-order valence-corrected chi connectivity index (χ4v) is 4.21. The summed E-state index contributed by atoms with van der Waals surface area (Å²) in [7, 11) is -3.71. The van der Waals surface area contributed by atoms with Crippen molar-refractivity contribution in [2.45, 2.75) is 37.6 Å². The lowest BCUT2D eigenvalue weighted by Gasteiger charge is -2.26. The Morgan fingerprint density at radius 2 is 2.00 bits per heavy atom. The Bertz CT molecular complexity index is 759. The fraction of sp³-hybridized carbons (Fsp3) is 0.556. The van der Waals surface area contributed by atoms with E-state index < -0.39 is 22.6 Å². The van der Waals surface area contributed by atoms with Gasteiger partial charge in [-0.25, -0.2) is 13.2 Å². The van der Waals surface area contributed by atoms with Crippen molar-refractivity contribution in [3.8, 4) is 0 Å². The molecule has 1 aromatic carbocycles. The molecule has 1 amide bonds. The van der Waals surface area contributed by atoms with Gasteiger partial charge in [0.15, 0.2) is 6.61 Å². The highest BCUT2D eigenvalue weighted by molar-refractivity contribution is 7.89. The molecule has 0 spiro atoms. The summed E-state index contributed by atoms with van der Waals surface area (Å²) in [5, 5.41) is 2.74. The first-order valence-electron chi connectivity index (χ1n) is 8.99. The second kappa shape index (κ2) is 9.82. The molecule has 1 atom stereocenters. The van der Waals surface area contributed by atoms with E-state index >= 15 is 0 Å². The van der Waals surface area contributed by atoms with Gasteiger partial charge in [-0.1, -0.05) is 19.4 Å². The Morgan fingerprint density at radius 1 is 1.30 bits per heavy atom. The Balaban J connectivity index is 1.99. The molecule has 27 heavy (non-hydrogen) atoms. The standard InChI is InChI=1S/C18H26N2O6S/c1-3-5-14(2)19-17(21)13-26-18(22)15-6-4-7-16(12-15)27(23,24)20-8-10-25-11-9-20/h4,6-7,12,14H,3,5,8-11,13H2,1-2H3,(H,19,21)/t14-/m1/s1. The molecule has 150 valence electrons. The summed E-state index contributed by atoms with van der Waals surface area (Å²) in [6.07, 6.45) is 1.77. The lowest BCUT2D eigenvalue weighted by molar-refractivity contribution is -0.124. The Kier molecular flexibility index (Phi) is 7.76. The van der Waals surface area contributed by atoms with E-state index in [1.165, 1.54) is 28.6 Å². The number of nitrogens with zero attached hydrogens (tertiary/aromatic N) is 1. The van der Waals surface area contributed by atoms with Crippen molar-refractivity contribution in [3.63, 3.8) is 0 Å². The highest BCUT2D eigenvalue weighted by Crippen LogP contribution is 2.18. The Labute approximate surface area is 159 Å². The molecule has 0 aliphatic carbocycles. The van der Waals surface area contributed by atoms with Gasteiger partial charge in [0.25, 0.3) is 5.91 Å². The van der Waals surface area contributed by atoms with Gasteiger partial charge in [-0.2, -0.15) is 4.31 Å². The van der Waals surface area contributed by atoms with E-state index in [1.54, 1.807) is 0 Å². The van der Waals surface area contributed by atoms with Crippen LogP contribution in [0.5, 0.6) is 0 Å². The van der Waals surface area contributed by atoms with E-state index in [9.17, 15) is 18.0 Å². The molecule has 1 aromatic rings. The molecule has 0 radical (unpaired) electrons. The van der Waals surface area contributed by atoms with Gasteiger partial charge in [-0.05, 0) is 31.5 Å². The molecule has 0 bridgehead atoms. The number of amides is 1. The Morgan fingerprint density at radius 3 is 2.67 bits per heavy atom. The molecule has 9 heteroatoms. The van der Waals surface area contributed by atoms with Crippen LogP contribution in [0.1, 0.15) is 37.0 Å². The first-order valence-corrected chi connectivity index (χ1v) is 10.4. The van der Waals surface area contributed by atoms with Gasteiger partial charge in [0.1, 0.15) is 0 Å². The van der Waals surface area contributed by atoms with E-state index in [0.29, 0.717) is 13.2 Å². The minimum Gasteiger partial charge on any atom is -0.452 e. The van der Waals surface area contributed by atoms with Gasteiger partial charge >= 0.3 is 5.97 Å². The number of esters is 1. The van der Waals surface area contributed by atoms with Crippen LogP contribution in [0.25, 0.3) is 0 Å². The van der Waals surface area contributed by atoms with Gasteiger partial charge in [0, 0.05) is 19.1 Å². The second-order valence-electron chi connectivity index (χ2n) is 6.38. The topological polar surface area (TPSA) is 102 Å². The van der Waals surface area contributed by atoms with Crippen molar-refractivity contribution in [1.82, 2.24) is 9.62 Å². The maximum atomic E-state index is 12.7. The van der Waals surface area contributed by atoms with Crippen LogP contribution in [0.15, 0.2) is 29.2 Å². The number of carbonyl (C=O) groups is 2. The normalized spacial score (nSPS) is 16.5. The summed E-state index contributed by atoms with van der Waals surface area (Å²) < 4.78 is 36.8. The van der Waals surface area contributed by atoms with Gasteiger partial charge in [-0.15, -0.1) is 0 Å². The van der Waals surface area contributed by atoms with Crippen LogP contribution in [-0.2, 0) is 24.3 Å². The maximum absolute atomic E-state index is 12.7. The number of hydrogen-bond acceptors (Lipinski definition) is 6. The van der Waals surface area contributed by atoms with Crippen molar-refractivity contribution >= 4 is 21.9 Å². The average Bonchev–Trinajstić information content (AvgIpc) is 2.67. The van der Waals surface area contributed by atoms with E-state index in [4.69, 9.17) is 9.47 Å². The van der Waals surface area contributed by atoms with Crippen molar-refractivity contribution in [1.29, 1.82) is 0 Å². The molecule has 0 saturated carbocycles. The lowest BCUT2D eigenvalue weighted by atomic mass is 10.2. The summed E-state index contributed by atoms with van der Waals surface area (Å²) in [5.41, 5.74) is 0.0822. The molecule has 1 aliphatic rings. The predicted molar refractivity (Wildman–Crippen MR) is 98.8 cm³/mol. The molecule has 1 heterocycles. The van der Waals surface area contributed by atoms with Crippen LogP contribution in [0, 0.1) is 0 Å². The minimum absolute atomic E-state index is 0.00296. The highest BCUT2D eigenvalue weighted by Gasteiger charge is 2.27. The molecule has 1 aliphatic heterocycles. The molecular formula is C18H26N2O6S. The fourth-order valence-electron chi connectivity index (χ4n) is 2.76. The highest BCUT2D eigenvalue weighted by atomic mass is 32.2. The van der Waals surface area contributed by atoms with Crippen LogP contribution >= 0.6 is 0 Å². The summed E-state index contributed by atoms with van der Waals surface area (Å²) in [4.78, 5) is 24.0.